The van der Waals surface area contributed by atoms with Crippen LogP contribution in [0, 0.1) is 38.6 Å². The van der Waals surface area contributed by atoms with E-state index < -0.39 is 52.6 Å². The van der Waals surface area contributed by atoms with Crippen molar-refractivity contribution < 1.29 is 159 Å². The Morgan fingerprint density at radius 1 is 0.656 bits per heavy atom. The summed E-state index contributed by atoms with van der Waals surface area (Å²) in [4.78, 5) is 62.9. The second-order valence-electron chi connectivity index (χ2n) is 3.88. The Hall–Kier alpha value is -1.22. The van der Waals surface area contributed by atoms with Gasteiger partial charge in [0.05, 0.1) is 22.8 Å². The van der Waals surface area contributed by atoms with Crippen molar-refractivity contribution in [3.8, 4) is 0 Å². The molecule has 11 N–H and O–H groups in total. The molecular formula is C12H16Cd2N4O13Tb-2. The zero-order valence-corrected chi connectivity index (χ0v) is 26.2. The molecule has 0 aliphatic heterocycles. The largest absolute Gasteiger partial charge is 0.481 e. The minimum absolute atomic E-state index is 0. The van der Waals surface area contributed by atoms with Crippen molar-refractivity contribution in [3.05, 3.63) is 35.4 Å². The van der Waals surface area contributed by atoms with Gasteiger partial charge in [-0.05, 0) is 0 Å². The predicted molar refractivity (Wildman–Crippen MR) is 87.1 cm³/mol. The van der Waals surface area contributed by atoms with Crippen LogP contribution in [0.15, 0.2) is 12.7 Å². The van der Waals surface area contributed by atoms with Crippen LogP contribution in [0.1, 0.15) is 48.9 Å². The number of hydrogen-bond acceptors (Lipinski definition) is 7. The third-order valence-corrected chi connectivity index (χ3v) is 2.01. The number of nitrogens with zero attached hydrogens (tertiary/aromatic N) is 4. The first-order valence-corrected chi connectivity index (χ1v) is 6.07. The minimum Gasteiger partial charge on any atom is -0.481 e. The number of aliphatic carboxylic acids is 1. The molecule has 0 aliphatic rings. The zero-order chi connectivity index (χ0) is 20.4. The van der Waals surface area contributed by atoms with Crippen LogP contribution in [-0.2, 0) is 59.4 Å². The molecule has 0 atom stereocenters. The van der Waals surface area contributed by atoms with Crippen molar-refractivity contribution in [1.29, 1.82) is 0 Å². The third kappa shape index (κ3) is 18.4. The summed E-state index contributed by atoms with van der Waals surface area (Å²) >= 11 is 0. The van der Waals surface area contributed by atoms with Crippen LogP contribution in [0.4, 0.5) is 0 Å². The normalized spacial score (nSPS) is 7.28. The second-order valence-corrected chi connectivity index (χ2v) is 3.88. The van der Waals surface area contributed by atoms with E-state index in [0.29, 0.717) is 0 Å². The van der Waals surface area contributed by atoms with Crippen molar-refractivity contribution in [2.45, 2.75) is 6.92 Å². The summed E-state index contributed by atoms with van der Waals surface area (Å²) in [7, 11) is 0. The topological polar surface area (TPSA) is 335 Å². The summed E-state index contributed by atoms with van der Waals surface area (Å²) < 4.78 is 0. The molecule has 2 aromatic rings. The van der Waals surface area contributed by atoms with Gasteiger partial charge in [-0.3, -0.25) is 4.79 Å². The van der Waals surface area contributed by atoms with Crippen LogP contribution in [0.3, 0.4) is 0 Å². The molecule has 32 heavy (non-hydrogen) atoms. The number of hydrogen-bond donors (Lipinski definition) is 5. The van der Waals surface area contributed by atoms with Gasteiger partial charge < -0.3 is 61.9 Å². The van der Waals surface area contributed by atoms with Crippen molar-refractivity contribution in [3.63, 3.8) is 0 Å². The van der Waals surface area contributed by atoms with Crippen molar-refractivity contribution in [2.75, 3.05) is 0 Å². The molecule has 177 valence electrons. The summed E-state index contributed by atoms with van der Waals surface area (Å²) in [5, 5.41) is 40.8. The number of carbonyl (C=O) groups is 5. The van der Waals surface area contributed by atoms with Gasteiger partial charge in [0.15, 0.2) is 0 Å². The van der Waals surface area contributed by atoms with E-state index in [0.717, 1.165) is 19.6 Å². The van der Waals surface area contributed by atoms with Gasteiger partial charge in [0.25, 0.3) is 5.97 Å². The molecule has 0 fully saturated rings. The third-order valence-electron chi connectivity index (χ3n) is 2.01. The molecule has 0 saturated carbocycles. The number of rotatable bonds is 4. The Labute approximate surface area is 248 Å². The van der Waals surface area contributed by atoms with Gasteiger partial charge in [-0.15, -0.1) is 0 Å². The molecule has 2 heterocycles. The summed E-state index contributed by atoms with van der Waals surface area (Å²) in [5.74, 6) is -6.39. The average Bonchev–Trinajstić information content (AvgIpc) is 3.16. The van der Waals surface area contributed by atoms with Gasteiger partial charge in [0.2, 0.25) is 0 Å². The van der Waals surface area contributed by atoms with E-state index >= 15 is 0 Å². The molecule has 0 unspecified atom stereocenters. The van der Waals surface area contributed by atoms with E-state index in [-0.39, 0.29) is 110 Å². The fourth-order valence-electron chi connectivity index (χ4n) is 1.16. The first kappa shape index (κ1) is 48.3. The summed E-state index contributed by atoms with van der Waals surface area (Å²) in [6, 6.07) is 0. The van der Waals surface area contributed by atoms with Crippen molar-refractivity contribution in [1.82, 2.24) is 19.9 Å². The van der Waals surface area contributed by atoms with Crippen LogP contribution in [0.5, 0.6) is 0 Å². The quantitative estimate of drug-likeness (QED) is 0.187. The molecule has 17 nitrogen and oxygen atoms in total. The van der Waals surface area contributed by atoms with Crippen molar-refractivity contribution >= 4 is 29.8 Å². The second kappa shape index (κ2) is 24.4. The maximum atomic E-state index is 10.2. The fraction of sp³-hybridized carbons (Fsp3) is 0.0833. The van der Waals surface area contributed by atoms with Crippen LogP contribution >= 0.6 is 0 Å². The standard InChI is InChI=1S/2C5H4N2O4.C2H4O2.2Cd.3H2O.Tb/c2*8-4(9)2-3(5(10)11)7-1-6-2;1-2(3)4;;;;;;/h2*1H,(H3,6,7,8,9,10,11);1H3,(H,3,4);;;3*1H2;/p-2. The molecule has 0 aromatic carbocycles. The average molecular weight is 808 g/mol. The van der Waals surface area contributed by atoms with Gasteiger partial charge in [0, 0.05) is 100 Å². The van der Waals surface area contributed by atoms with E-state index in [4.69, 9.17) is 30.3 Å². The number of carboxylic acid groups (broad SMARTS) is 5. The summed E-state index contributed by atoms with van der Waals surface area (Å²) in [6.07, 6.45) is 1.79. The maximum Gasteiger partial charge on any atom is 0.332 e. The monoisotopic (exact) mass is 811 g/mol. The molecule has 0 spiro atoms. The number of imidazole rings is 2. The molecule has 1 radical (unpaired) electrons. The first-order chi connectivity index (χ1) is 12.0. The Kier molecular flexibility index (Phi) is 36.8. The molecule has 0 bridgehead atoms. The molecule has 20 heteroatoms. The van der Waals surface area contributed by atoms with Crippen LogP contribution in [-0.4, -0.2) is 81.8 Å². The smallest absolute Gasteiger partial charge is 0.332 e. The van der Waals surface area contributed by atoms with Gasteiger partial charge in [-0.25, -0.2) is 19.2 Å². The molecule has 2 aromatic heterocycles. The number of carboxylic acids is 5. The van der Waals surface area contributed by atoms with Gasteiger partial charge >= 0.3 is 23.9 Å². The summed E-state index contributed by atoms with van der Waals surface area (Å²) in [6.45, 7) is 1.08. The van der Waals surface area contributed by atoms with E-state index in [1.54, 1.807) is 0 Å². The molecular weight excluding hydrogens is 792 g/mol. The maximum absolute atomic E-state index is 10.2. The molecule has 0 saturated heterocycles. The van der Waals surface area contributed by atoms with Crippen LogP contribution in [0.2, 0.25) is 0 Å². The van der Waals surface area contributed by atoms with Gasteiger partial charge in [0.1, 0.15) is 0 Å². The van der Waals surface area contributed by atoms with E-state index in [9.17, 15) is 19.2 Å². The number of aromatic carboxylic acids is 4. The Balaban J connectivity index is -0.0000000577. The minimum atomic E-state index is -1.39. The Morgan fingerprint density at radius 3 is 1.00 bits per heavy atom. The van der Waals surface area contributed by atoms with Gasteiger partial charge in [-0.1, -0.05) is 12.7 Å². The predicted octanol–water partition coefficient (Wildman–Crippen LogP) is -3.52. The van der Waals surface area contributed by atoms with Gasteiger partial charge in [-0.2, -0.15) is 0 Å². The number of aromatic nitrogens is 4. The Bertz CT molecular complexity index is 719. The molecule has 0 amide bonds. The van der Waals surface area contributed by atoms with Crippen LogP contribution < -0.4 is 9.97 Å². The molecule has 2 rings (SSSR count). The summed E-state index contributed by atoms with van der Waals surface area (Å²) in [5.41, 5.74) is -2.12. The van der Waals surface area contributed by atoms with Crippen LogP contribution in [0.25, 0.3) is 0 Å². The fourth-order valence-corrected chi connectivity index (χ4v) is 1.16. The van der Waals surface area contributed by atoms with Crippen molar-refractivity contribution in [2.24, 2.45) is 0 Å². The van der Waals surface area contributed by atoms with E-state index in [1.165, 1.54) is 0 Å². The van der Waals surface area contributed by atoms with E-state index in [2.05, 4.69) is 19.9 Å². The zero-order valence-electron chi connectivity index (χ0n) is 16.0. The SMILES string of the molecule is CC(=O)O.O.O.O.O=C(O)c1nc[n-]c1C(=O)O.O=C(O)c1nc[n-]c1C(=O)O.[Cd].[Cd].[Tb]. The molecule has 0 aliphatic carbocycles. The Morgan fingerprint density at radius 2 is 0.875 bits per heavy atom. The van der Waals surface area contributed by atoms with E-state index in [1.807, 2.05) is 0 Å². The first-order valence-electron chi connectivity index (χ1n) is 6.07.